The van der Waals surface area contributed by atoms with Gasteiger partial charge in [-0.05, 0) is 44.0 Å². The van der Waals surface area contributed by atoms with Crippen LogP contribution in [0.15, 0.2) is 35.7 Å². The topological polar surface area (TPSA) is 75.5 Å². The Labute approximate surface area is 138 Å². The first kappa shape index (κ1) is 17.1. The summed E-state index contributed by atoms with van der Waals surface area (Å²) in [6, 6.07) is 8.85. The van der Waals surface area contributed by atoms with Crippen LogP contribution in [0.2, 0.25) is 0 Å². The maximum absolute atomic E-state index is 12.2. The van der Waals surface area contributed by atoms with Crippen LogP contribution in [0.5, 0.6) is 0 Å². The van der Waals surface area contributed by atoms with E-state index in [4.69, 9.17) is 0 Å². The number of likely N-dealkylation sites (N-methyl/N-ethyl adjacent to an activating group) is 1. The third-order valence-electron chi connectivity index (χ3n) is 3.63. The van der Waals surface area contributed by atoms with Gasteiger partial charge in [0.2, 0.25) is 5.91 Å². The summed E-state index contributed by atoms with van der Waals surface area (Å²) in [6.07, 6.45) is 0. The zero-order chi connectivity index (χ0) is 17.0. The number of carbonyl (C=O) groups excluding carboxylic acids is 1. The normalized spacial score (nSPS) is 12.2. The molecule has 2 rings (SSSR count). The van der Waals surface area contributed by atoms with Gasteiger partial charge in [-0.3, -0.25) is 19.8 Å². The van der Waals surface area contributed by atoms with E-state index in [2.05, 4.69) is 5.32 Å². The third kappa shape index (κ3) is 4.37. The summed E-state index contributed by atoms with van der Waals surface area (Å²) in [7, 11) is 1.85. The third-order valence-corrected chi connectivity index (χ3v) is 4.68. The van der Waals surface area contributed by atoms with Crippen LogP contribution in [0.25, 0.3) is 0 Å². The first-order valence-corrected chi connectivity index (χ1v) is 8.05. The number of nitro groups is 1. The molecule has 6 nitrogen and oxygen atoms in total. The van der Waals surface area contributed by atoms with E-state index in [9.17, 15) is 14.9 Å². The highest BCUT2D eigenvalue weighted by Crippen LogP contribution is 2.26. The van der Waals surface area contributed by atoms with Crippen LogP contribution in [0.1, 0.15) is 23.4 Å². The summed E-state index contributed by atoms with van der Waals surface area (Å²) in [6.45, 7) is 3.95. The maximum atomic E-state index is 12.2. The lowest BCUT2D eigenvalue weighted by Crippen LogP contribution is -2.32. The SMILES string of the molecule is Cc1ccc(NC(=O)CN(C)C(C)c2cccs2)c([N+](=O)[O-])c1. The van der Waals surface area contributed by atoms with E-state index in [1.54, 1.807) is 30.4 Å². The van der Waals surface area contributed by atoms with Crippen LogP contribution in [0, 0.1) is 17.0 Å². The fourth-order valence-corrected chi connectivity index (χ4v) is 3.05. The van der Waals surface area contributed by atoms with E-state index < -0.39 is 4.92 Å². The summed E-state index contributed by atoms with van der Waals surface area (Å²) in [4.78, 5) is 25.9. The number of rotatable bonds is 6. The summed E-state index contributed by atoms with van der Waals surface area (Å²) >= 11 is 1.64. The zero-order valence-corrected chi connectivity index (χ0v) is 14.1. The van der Waals surface area contributed by atoms with Gasteiger partial charge in [-0.1, -0.05) is 12.1 Å². The molecule has 1 aromatic heterocycles. The summed E-state index contributed by atoms with van der Waals surface area (Å²) in [5.74, 6) is -0.275. The number of hydrogen-bond donors (Lipinski definition) is 1. The molecule has 0 radical (unpaired) electrons. The summed E-state index contributed by atoms with van der Waals surface area (Å²) in [5, 5.41) is 15.7. The molecular weight excluding hydrogens is 314 g/mol. The van der Waals surface area contributed by atoms with Gasteiger partial charge in [0.25, 0.3) is 5.69 Å². The van der Waals surface area contributed by atoms with E-state index in [1.807, 2.05) is 36.4 Å². The van der Waals surface area contributed by atoms with Gasteiger partial charge in [0.15, 0.2) is 0 Å². The largest absolute Gasteiger partial charge is 0.319 e. The second kappa shape index (κ2) is 7.34. The molecule has 0 saturated heterocycles. The maximum Gasteiger partial charge on any atom is 0.293 e. The standard InChI is InChI=1S/C16H19N3O3S/c1-11-6-7-13(14(9-11)19(21)22)17-16(20)10-18(3)12(2)15-5-4-8-23-15/h4-9,12H,10H2,1-3H3,(H,17,20). The van der Waals surface area contributed by atoms with Crippen molar-refractivity contribution < 1.29 is 9.72 Å². The number of carbonyl (C=O) groups is 1. The van der Waals surface area contributed by atoms with Gasteiger partial charge in [-0.15, -0.1) is 11.3 Å². The van der Waals surface area contributed by atoms with Crippen molar-refractivity contribution >= 4 is 28.6 Å². The molecule has 0 aliphatic rings. The molecule has 0 aliphatic carbocycles. The Balaban J connectivity index is 2.04. The molecule has 122 valence electrons. The Kier molecular flexibility index (Phi) is 5.46. The number of thiophene rings is 1. The number of aryl methyl sites for hydroxylation is 1. The van der Waals surface area contributed by atoms with Crippen molar-refractivity contribution in [3.63, 3.8) is 0 Å². The van der Waals surface area contributed by atoms with Crippen molar-refractivity contribution in [2.75, 3.05) is 18.9 Å². The van der Waals surface area contributed by atoms with E-state index in [1.165, 1.54) is 10.9 Å². The Bertz CT molecular complexity index is 701. The molecule has 1 atom stereocenters. The fraction of sp³-hybridized carbons (Fsp3) is 0.312. The molecule has 0 spiro atoms. The quantitative estimate of drug-likeness (QED) is 0.647. The monoisotopic (exact) mass is 333 g/mol. The average Bonchev–Trinajstić information content (AvgIpc) is 3.02. The Morgan fingerprint density at radius 2 is 2.17 bits per heavy atom. The zero-order valence-electron chi connectivity index (χ0n) is 13.3. The van der Waals surface area contributed by atoms with Crippen LogP contribution in [-0.4, -0.2) is 29.3 Å². The lowest BCUT2D eigenvalue weighted by Gasteiger charge is -2.23. The molecule has 1 amide bonds. The second-order valence-corrected chi connectivity index (χ2v) is 6.41. The van der Waals surface area contributed by atoms with Crippen LogP contribution in [0.4, 0.5) is 11.4 Å². The molecular formula is C16H19N3O3S. The Hall–Kier alpha value is -2.25. The minimum Gasteiger partial charge on any atom is -0.319 e. The number of nitrogens with one attached hydrogen (secondary N) is 1. The van der Waals surface area contributed by atoms with Gasteiger partial charge >= 0.3 is 0 Å². The van der Waals surface area contributed by atoms with Crippen molar-refractivity contribution in [2.45, 2.75) is 19.9 Å². The molecule has 1 aromatic carbocycles. The predicted octanol–water partition coefficient (Wildman–Crippen LogP) is 3.60. The molecule has 1 N–H and O–H groups in total. The molecule has 1 heterocycles. The Morgan fingerprint density at radius 3 is 2.78 bits per heavy atom. The van der Waals surface area contributed by atoms with Crippen molar-refractivity contribution in [3.05, 3.63) is 56.3 Å². The first-order chi connectivity index (χ1) is 10.9. The second-order valence-electron chi connectivity index (χ2n) is 5.43. The number of benzene rings is 1. The number of anilines is 1. The summed E-state index contributed by atoms with van der Waals surface area (Å²) in [5.41, 5.74) is 0.910. The molecule has 7 heteroatoms. The smallest absolute Gasteiger partial charge is 0.293 e. The molecule has 2 aromatic rings. The Morgan fingerprint density at radius 1 is 1.43 bits per heavy atom. The van der Waals surface area contributed by atoms with Crippen LogP contribution >= 0.6 is 11.3 Å². The van der Waals surface area contributed by atoms with Crippen LogP contribution in [0.3, 0.4) is 0 Å². The van der Waals surface area contributed by atoms with Crippen molar-refractivity contribution in [3.8, 4) is 0 Å². The lowest BCUT2D eigenvalue weighted by molar-refractivity contribution is -0.384. The molecule has 0 saturated carbocycles. The number of hydrogen-bond acceptors (Lipinski definition) is 5. The molecule has 1 unspecified atom stereocenters. The number of amides is 1. The van der Waals surface area contributed by atoms with Gasteiger partial charge in [0, 0.05) is 17.0 Å². The van der Waals surface area contributed by atoms with Gasteiger partial charge < -0.3 is 5.32 Å². The van der Waals surface area contributed by atoms with E-state index in [0.717, 1.165) is 5.56 Å². The van der Waals surface area contributed by atoms with Crippen LogP contribution < -0.4 is 5.32 Å². The highest BCUT2D eigenvalue weighted by Gasteiger charge is 2.19. The van der Waals surface area contributed by atoms with Gasteiger partial charge in [-0.2, -0.15) is 0 Å². The molecule has 0 fully saturated rings. The van der Waals surface area contributed by atoms with Crippen molar-refractivity contribution in [1.82, 2.24) is 4.90 Å². The van der Waals surface area contributed by atoms with Crippen molar-refractivity contribution in [1.29, 1.82) is 0 Å². The highest BCUT2D eigenvalue weighted by atomic mass is 32.1. The van der Waals surface area contributed by atoms with Gasteiger partial charge in [0.1, 0.15) is 5.69 Å². The molecule has 23 heavy (non-hydrogen) atoms. The number of nitrogens with zero attached hydrogens (tertiary/aromatic N) is 2. The minimum atomic E-state index is -0.486. The predicted molar refractivity (Wildman–Crippen MR) is 91.8 cm³/mol. The van der Waals surface area contributed by atoms with E-state index in [-0.39, 0.29) is 29.9 Å². The van der Waals surface area contributed by atoms with Crippen LogP contribution in [-0.2, 0) is 4.79 Å². The first-order valence-electron chi connectivity index (χ1n) is 7.17. The lowest BCUT2D eigenvalue weighted by atomic mass is 10.2. The average molecular weight is 333 g/mol. The highest BCUT2D eigenvalue weighted by molar-refractivity contribution is 7.10. The van der Waals surface area contributed by atoms with E-state index in [0.29, 0.717) is 0 Å². The van der Waals surface area contributed by atoms with E-state index >= 15 is 0 Å². The number of nitro benzene ring substituents is 1. The van der Waals surface area contributed by atoms with Crippen molar-refractivity contribution in [2.24, 2.45) is 0 Å². The minimum absolute atomic E-state index is 0.0905. The summed E-state index contributed by atoms with van der Waals surface area (Å²) < 4.78 is 0. The molecule has 0 aliphatic heterocycles. The molecule has 0 bridgehead atoms. The van der Waals surface area contributed by atoms with Gasteiger partial charge in [-0.25, -0.2) is 0 Å². The fourth-order valence-electron chi connectivity index (χ4n) is 2.20. The van der Waals surface area contributed by atoms with Gasteiger partial charge in [0.05, 0.1) is 11.5 Å².